The molecule has 24 heavy (non-hydrogen) atoms. The van der Waals surface area contributed by atoms with Gasteiger partial charge < -0.3 is 5.32 Å². The Balaban J connectivity index is 1.76. The first-order chi connectivity index (χ1) is 11.2. The molecule has 1 aromatic heterocycles. The summed E-state index contributed by atoms with van der Waals surface area (Å²) >= 11 is 0. The fourth-order valence-corrected chi connectivity index (χ4v) is 5.19. The highest BCUT2D eigenvalue weighted by Gasteiger charge is 2.39. The molecule has 1 fully saturated rings. The number of aryl methyl sites for hydroxylation is 2. The average Bonchev–Trinajstić information content (AvgIpc) is 2.97. The molecule has 1 N–H and O–H groups in total. The number of nitrogens with one attached hydrogen (secondary N) is 1. The van der Waals surface area contributed by atoms with Crippen molar-refractivity contribution in [2.75, 3.05) is 11.5 Å². The Morgan fingerprint density at radius 1 is 1.25 bits per heavy atom. The van der Waals surface area contributed by atoms with Crippen LogP contribution in [-0.4, -0.2) is 41.2 Å². The monoisotopic (exact) mass is 347 g/mol. The highest BCUT2D eigenvalue weighted by molar-refractivity contribution is 7.91. The normalized spacial score (nSPS) is 22.5. The van der Waals surface area contributed by atoms with Gasteiger partial charge in [0.2, 0.25) is 0 Å². The number of nitrogens with zero attached hydrogens (tertiary/aromatic N) is 2. The Bertz CT molecular complexity index is 884. The molecule has 1 aromatic carbocycles. The van der Waals surface area contributed by atoms with Crippen LogP contribution in [0.3, 0.4) is 0 Å². The number of hydrogen-bond donors (Lipinski definition) is 1. The maximum absolute atomic E-state index is 12.4. The van der Waals surface area contributed by atoms with Gasteiger partial charge in [-0.2, -0.15) is 5.10 Å². The predicted molar refractivity (Wildman–Crippen MR) is 92.2 cm³/mol. The van der Waals surface area contributed by atoms with E-state index in [0.29, 0.717) is 12.0 Å². The third kappa shape index (κ3) is 3.36. The molecule has 1 saturated heterocycles. The van der Waals surface area contributed by atoms with Crippen LogP contribution in [0.4, 0.5) is 0 Å². The third-order valence-corrected chi connectivity index (χ3v) is 6.21. The zero-order chi connectivity index (χ0) is 17.5. The van der Waals surface area contributed by atoms with Gasteiger partial charge in [-0.3, -0.25) is 4.79 Å². The molecular weight excluding hydrogens is 326 g/mol. The van der Waals surface area contributed by atoms with Crippen molar-refractivity contribution in [3.63, 3.8) is 0 Å². The molecule has 7 heteroatoms. The third-order valence-electron chi connectivity index (χ3n) is 4.30. The van der Waals surface area contributed by atoms with E-state index in [4.69, 9.17) is 0 Å². The average molecular weight is 347 g/mol. The van der Waals surface area contributed by atoms with Crippen molar-refractivity contribution in [3.05, 3.63) is 47.3 Å². The summed E-state index contributed by atoms with van der Waals surface area (Å²) in [6.07, 6.45) is 0.449. The van der Waals surface area contributed by atoms with E-state index in [2.05, 4.69) is 10.4 Å². The summed E-state index contributed by atoms with van der Waals surface area (Å²) in [6.45, 7) is 5.68. The molecule has 1 amide bonds. The van der Waals surface area contributed by atoms with E-state index in [0.717, 1.165) is 17.1 Å². The minimum absolute atomic E-state index is 0.00438. The molecule has 0 bridgehead atoms. The quantitative estimate of drug-likeness (QED) is 0.918. The number of benzene rings is 1. The van der Waals surface area contributed by atoms with Crippen LogP contribution in [0.25, 0.3) is 5.69 Å². The lowest BCUT2D eigenvalue weighted by molar-refractivity contribution is 0.0915. The number of rotatable bonds is 3. The lowest BCUT2D eigenvalue weighted by Gasteiger charge is -2.23. The minimum Gasteiger partial charge on any atom is -0.346 e. The lowest BCUT2D eigenvalue weighted by Crippen LogP contribution is -2.46. The summed E-state index contributed by atoms with van der Waals surface area (Å²) in [5, 5.41) is 7.28. The smallest absolute Gasteiger partial charge is 0.251 e. The van der Waals surface area contributed by atoms with Gasteiger partial charge in [-0.1, -0.05) is 0 Å². The second kappa shape index (κ2) is 5.73. The van der Waals surface area contributed by atoms with E-state index in [1.807, 2.05) is 36.7 Å². The van der Waals surface area contributed by atoms with Crippen molar-refractivity contribution in [2.24, 2.45) is 0 Å². The lowest BCUT2D eigenvalue weighted by atomic mass is 10.0. The fourth-order valence-electron chi connectivity index (χ4n) is 3.10. The first kappa shape index (κ1) is 16.7. The molecule has 1 atom stereocenters. The second-order valence-corrected chi connectivity index (χ2v) is 8.93. The van der Waals surface area contributed by atoms with Crippen molar-refractivity contribution in [1.82, 2.24) is 15.1 Å². The topological polar surface area (TPSA) is 81.1 Å². The zero-order valence-electron chi connectivity index (χ0n) is 14.0. The Labute approximate surface area is 141 Å². The number of carbonyl (C=O) groups is 1. The Kier molecular flexibility index (Phi) is 3.99. The van der Waals surface area contributed by atoms with Crippen molar-refractivity contribution >= 4 is 15.7 Å². The van der Waals surface area contributed by atoms with Gasteiger partial charge in [-0.15, -0.1) is 0 Å². The van der Waals surface area contributed by atoms with E-state index in [1.165, 1.54) is 0 Å². The Morgan fingerprint density at radius 2 is 1.92 bits per heavy atom. The molecule has 0 spiro atoms. The van der Waals surface area contributed by atoms with Crippen molar-refractivity contribution in [2.45, 2.75) is 32.7 Å². The van der Waals surface area contributed by atoms with E-state index in [9.17, 15) is 13.2 Å². The van der Waals surface area contributed by atoms with Gasteiger partial charge in [-0.05, 0) is 57.5 Å². The first-order valence-electron chi connectivity index (χ1n) is 7.84. The maximum Gasteiger partial charge on any atom is 0.251 e. The Morgan fingerprint density at radius 3 is 2.42 bits per heavy atom. The van der Waals surface area contributed by atoms with Gasteiger partial charge in [-0.25, -0.2) is 13.1 Å². The van der Waals surface area contributed by atoms with Gasteiger partial charge >= 0.3 is 0 Å². The van der Waals surface area contributed by atoms with Crippen LogP contribution in [0.2, 0.25) is 0 Å². The van der Waals surface area contributed by atoms with Gasteiger partial charge in [0, 0.05) is 11.3 Å². The Hall–Kier alpha value is -2.15. The molecule has 1 unspecified atom stereocenters. The number of amides is 1. The van der Waals surface area contributed by atoms with Gasteiger partial charge in [0.1, 0.15) is 0 Å². The highest BCUT2D eigenvalue weighted by atomic mass is 32.2. The van der Waals surface area contributed by atoms with E-state index in [-0.39, 0.29) is 17.4 Å². The fraction of sp³-hybridized carbons (Fsp3) is 0.412. The molecule has 2 aromatic rings. The summed E-state index contributed by atoms with van der Waals surface area (Å²) in [7, 11) is -3.05. The first-order valence-corrected chi connectivity index (χ1v) is 9.66. The summed E-state index contributed by atoms with van der Waals surface area (Å²) in [4.78, 5) is 12.4. The number of carbonyl (C=O) groups excluding carboxylic acids is 1. The largest absolute Gasteiger partial charge is 0.346 e. The van der Waals surface area contributed by atoms with Crippen LogP contribution in [-0.2, 0) is 9.84 Å². The molecule has 6 nitrogen and oxygen atoms in total. The number of sulfone groups is 1. The molecule has 2 heterocycles. The molecule has 0 aliphatic carbocycles. The molecule has 1 aliphatic rings. The molecule has 128 valence electrons. The molecular formula is C17H21N3O3S. The van der Waals surface area contributed by atoms with Crippen molar-refractivity contribution in [1.29, 1.82) is 0 Å². The van der Waals surface area contributed by atoms with Crippen LogP contribution in [0.1, 0.15) is 35.1 Å². The van der Waals surface area contributed by atoms with Crippen LogP contribution in [0.5, 0.6) is 0 Å². The SMILES string of the molecule is Cc1cc(C)n(-c2ccc(C(=O)NC3(C)CCS(=O)(=O)C3)cc2)n1. The number of hydrogen-bond acceptors (Lipinski definition) is 4. The summed E-state index contributed by atoms with van der Waals surface area (Å²) in [6, 6.07) is 9.12. The zero-order valence-corrected chi connectivity index (χ0v) is 14.9. The number of aromatic nitrogens is 2. The summed E-state index contributed by atoms with van der Waals surface area (Å²) < 4.78 is 25.1. The van der Waals surface area contributed by atoms with Crippen molar-refractivity contribution < 1.29 is 13.2 Å². The molecule has 1 aliphatic heterocycles. The predicted octanol–water partition coefficient (Wildman–Crippen LogP) is 1.80. The van der Waals surface area contributed by atoms with Gasteiger partial charge in [0.25, 0.3) is 5.91 Å². The highest BCUT2D eigenvalue weighted by Crippen LogP contribution is 2.23. The van der Waals surface area contributed by atoms with Crippen LogP contribution >= 0.6 is 0 Å². The second-order valence-electron chi connectivity index (χ2n) is 6.74. The van der Waals surface area contributed by atoms with Crippen LogP contribution in [0, 0.1) is 13.8 Å². The summed E-state index contributed by atoms with van der Waals surface area (Å²) in [5.41, 5.74) is 2.65. The van der Waals surface area contributed by atoms with Crippen LogP contribution < -0.4 is 5.32 Å². The summed E-state index contributed by atoms with van der Waals surface area (Å²) in [5.74, 6) is -0.134. The van der Waals surface area contributed by atoms with Gasteiger partial charge in [0.05, 0.1) is 28.4 Å². The van der Waals surface area contributed by atoms with E-state index in [1.54, 1.807) is 19.1 Å². The van der Waals surface area contributed by atoms with E-state index >= 15 is 0 Å². The molecule has 3 rings (SSSR count). The molecule has 0 radical (unpaired) electrons. The van der Waals surface area contributed by atoms with Gasteiger partial charge in [0.15, 0.2) is 9.84 Å². The van der Waals surface area contributed by atoms with E-state index < -0.39 is 15.4 Å². The van der Waals surface area contributed by atoms with Crippen molar-refractivity contribution in [3.8, 4) is 5.69 Å². The molecule has 0 saturated carbocycles. The van der Waals surface area contributed by atoms with Crippen LogP contribution in [0.15, 0.2) is 30.3 Å². The standard InChI is InChI=1S/C17H21N3O3S/c1-12-10-13(2)20(19-12)15-6-4-14(5-7-15)16(21)18-17(3)8-9-24(22,23)11-17/h4-7,10H,8-9,11H2,1-3H3,(H,18,21). The maximum atomic E-state index is 12.4. The minimum atomic E-state index is -3.05.